The number of hydrogen-bond acceptors (Lipinski definition) is 5. The summed E-state index contributed by atoms with van der Waals surface area (Å²) < 4.78 is 5.05. The van der Waals surface area contributed by atoms with Crippen LogP contribution < -0.4 is 11.1 Å². The van der Waals surface area contributed by atoms with Gasteiger partial charge in [0.05, 0.1) is 18.2 Å². The van der Waals surface area contributed by atoms with Crippen LogP contribution in [0.4, 0.5) is 5.00 Å². The number of anilines is 1. The smallest absolute Gasteiger partial charge is 0.341 e. The van der Waals surface area contributed by atoms with Crippen LogP contribution in [0.2, 0.25) is 0 Å². The van der Waals surface area contributed by atoms with E-state index in [2.05, 4.69) is 5.32 Å². The molecule has 3 N–H and O–H groups in total. The number of nitrogens with two attached hydrogens (primary N) is 1. The summed E-state index contributed by atoms with van der Waals surface area (Å²) in [4.78, 5) is 24.7. The van der Waals surface area contributed by atoms with Gasteiger partial charge in [-0.15, -0.1) is 11.3 Å². The molecule has 1 amide bonds. The molecule has 0 aliphatic heterocycles. The maximum absolute atomic E-state index is 12.0. The van der Waals surface area contributed by atoms with Crippen molar-refractivity contribution in [1.29, 1.82) is 0 Å². The van der Waals surface area contributed by atoms with Crippen molar-refractivity contribution in [1.82, 2.24) is 0 Å². The quantitative estimate of drug-likeness (QED) is 0.811. The highest BCUT2D eigenvalue weighted by Gasteiger charge is 2.23. The van der Waals surface area contributed by atoms with Gasteiger partial charge in [-0.3, -0.25) is 4.79 Å². The second kappa shape index (κ2) is 6.68. The van der Waals surface area contributed by atoms with E-state index in [4.69, 9.17) is 10.5 Å². The molecule has 0 aliphatic rings. The molecule has 0 aliphatic carbocycles. The summed E-state index contributed by atoms with van der Waals surface area (Å²) >= 11 is 1.38. The van der Waals surface area contributed by atoms with Gasteiger partial charge < -0.3 is 15.8 Å². The Bertz CT molecular complexity index is 480. The predicted molar refractivity (Wildman–Crippen MR) is 76.7 cm³/mol. The van der Waals surface area contributed by atoms with E-state index in [-0.39, 0.29) is 5.91 Å². The zero-order chi connectivity index (χ0) is 14.6. The number of carbonyl (C=O) groups excluding carboxylic acids is 2. The Morgan fingerprint density at radius 2 is 2.05 bits per heavy atom. The second-order valence-electron chi connectivity index (χ2n) is 4.19. The number of amides is 1. The Morgan fingerprint density at radius 1 is 1.42 bits per heavy atom. The van der Waals surface area contributed by atoms with Crippen LogP contribution in [0, 0.1) is 6.92 Å². The molecule has 0 aromatic carbocycles. The molecule has 0 fully saturated rings. The summed E-state index contributed by atoms with van der Waals surface area (Å²) in [6.45, 7) is 7.55. The summed E-state index contributed by atoms with van der Waals surface area (Å²) in [7, 11) is 0. The van der Waals surface area contributed by atoms with Crippen molar-refractivity contribution in [2.24, 2.45) is 5.73 Å². The fraction of sp³-hybridized carbons (Fsp3) is 0.538. The minimum atomic E-state index is -0.623. The van der Waals surface area contributed by atoms with Crippen molar-refractivity contribution in [3.05, 3.63) is 16.0 Å². The number of nitrogens with one attached hydrogen (secondary N) is 1. The first kappa shape index (κ1) is 15.7. The molecule has 0 bridgehead atoms. The van der Waals surface area contributed by atoms with E-state index in [9.17, 15) is 9.59 Å². The van der Waals surface area contributed by atoms with Crippen LogP contribution in [0.3, 0.4) is 0 Å². The van der Waals surface area contributed by atoms with Gasteiger partial charge in [0, 0.05) is 4.88 Å². The van der Waals surface area contributed by atoms with Gasteiger partial charge in [-0.1, -0.05) is 6.92 Å². The van der Waals surface area contributed by atoms with E-state index in [1.54, 1.807) is 13.8 Å². The fourth-order valence-electron chi connectivity index (χ4n) is 1.74. The minimum absolute atomic E-state index is 0.303. The lowest BCUT2D eigenvalue weighted by Gasteiger charge is -2.09. The molecule has 0 saturated carbocycles. The molecule has 106 valence electrons. The van der Waals surface area contributed by atoms with Crippen molar-refractivity contribution in [2.45, 2.75) is 40.2 Å². The van der Waals surface area contributed by atoms with E-state index in [0.29, 0.717) is 23.6 Å². The average molecular weight is 284 g/mol. The Labute approximate surface area is 117 Å². The number of rotatable bonds is 5. The third-order valence-corrected chi connectivity index (χ3v) is 3.76. The molecular formula is C13H20N2O3S. The highest BCUT2D eigenvalue weighted by molar-refractivity contribution is 7.16. The number of ether oxygens (including phenoxy) is 1. The van der Waals surface area contributed by atoms with Crippen molar-refractivity contribution in [3.63, 3.8) is 0 Å². The zero-order valence-corrected chi connectivity index (χ0v) is 12.5. The molecule has 0 spiro atoms. The van der Waals surface area contributed by atoms with Crippen molar-refractivity contribution in [3.8, 4) is 0 Å². The largest absolute Gasteiger partial charge is 0.462 e. The summed E-state index contributed by atoms with van der Waals surface area (Å²) in [5.41, 5.74) is 6.90. The third kappa shape index (κ3) is 3.54. The van der Waals surface area contributed by atoms with Gasteiger partial charge in [0.2, 0.25) is 5.91 Å². The number of carbonyl (C=O) groups is 2. The first-order chi connectivity index (χ1) is 8.92. The predicted octanol–water partition coefficient (Wildman–Crippen LogP) is 2.08. The number of aryl methyl sites for hydroxylation is 1. The third-order valence-electron chi connectivity index (χ3n) is 2.69. The van der Waals surface area contributed by atoms with Gasteiger partial charge in [-0.25, -0.2) is 4.79 Å². The topological polar surface area (TPSA) is 81.4 Å². The van der Waals surface area contributed by atoms with Crippen molar-refractivity contribution < 1.29 is 14.3 Å². The monoisotopic (exact) mass is 284 g/mol. The molecule has 1 aromatic heterocycles. The lowest BCUT2D eigenvalue weighted by Crippen LogP contribution is -2.32. The van der Waals surface area contributed by atoms with E-state index in [1.165, 1.54) is 11.3 Å². The first-order valence-corrected chi connectivity index (χ1v) is 7.09. The normalized spacial score (nSPS) is 12.1. The molecule has 5 nitrogen and oxygen atoms in total. The Hall–Kier alpha value is -1.40. The van der Waals surface area contributed by atoms with E-state index in [1.807, 2.05) is 13.8 Å². The minimum Gasteiger partial charge on any atom is -0.462 e. The maximum Gasteiger partial charge on any atom is 0.341 e. The summed E-state index contributed by atoms with van der Waals surface area (Å²) in [5, 5.41) is 3.22. The van der Waals surface area contributed by atoms with Crippen LogP contribution in [-0.2, 0) is 16.0 Å². The van der Waals surface area contributed by atoms with Crippen molar-refractivity contribution in [2.75, 3.05) is 11.9 Å². The Kier molecular flexibility index (Phi) is 5.50. The number of thiophene rings is 1. The fourth-order valence-corrected chi connectivity index (χ4v) is 2.87. The van der Waals surface area contributed by atoms with Gasteiger partial charge in [-0.05, 0) is 32.8 Å². The maximum atomic E-state index is 12.0. The summed E-state index contributed by atoms with van der Waals surface area (Å²) in [6.07, 6.45) is 0.713. The van der Waals surface area contributed by atoms with E-state index >= 15 is 0 Å². The molecule has 6 heteroatoms. The van der Waals surface area contributed by atoms with E-state index in [0.717, 1.165) is 10.4 Å². The lowest BCUT2D eigenvalue weighted by molar-refractivity contribution is -0.117. The number of esters is 1. The molecule has 0 saturated heterocycles. The van der Waals surface area contributed by atoms with Gasteiger partial charge in [0.15, 0.2) is 0 Å². The van der Waals surface area contributed by atoms with Crippen LogP contribution >= 0.6 is 11.3 Å². The lowest BCUT2D eigenvalue weighted by atomic mass is 10.1. The second-order valence-corrected chi connectivity index (χ2v) is 5.42. The van der Waals surface area contributed by atoms with Crippen LogP contribution in [-0.4, -0.2) is 24.5 Å². The van der Waals surface area contributed by atoms with Crippen LogP contribution in [0.5, 0.6) is 0 Å². The molecule has 1 atom stereocenters. The molecule has 0 radical (unpaired) electrons. The SMILES string of the molecule is CCOC(=O)c1c(NC(=O)[C@@H](C)N)sc(C)c1CC. The molecule has 1 heterocycles. The Balaban J connectivity index is 3.16. The standard InChI is InChI=1S/C13H20N2O3S/c1-5-9-8(4)19-12(15-11(16)7(3)14)10(9)13(17)18-6-2/h7H,5-6,14H2,1-4H3,(H,15,16)/t7-/m1/s1. The van der Waals surface area contributed by atoms with Gasteiger partial charge in [0.1, 0.15) is 5.00 Å². The van der Waals surface area contributed by atoms with Crippen molar-refractivity contribution >= 4 is 28.2 Å². The average Bonchev–Trinajstić information content (AvgIpc) is 2.65. The van der Waals surface area contributed by atoms with Crippen LogP contribution in [0.15, 0.2) is 0 Å². The van der Waals surface area contributed by atoms with Gasteiger partial charge >= 0.3 is 5.97 Å². The van der Waals surface area contributed by atoms with Crippen LogP contribution in [0.25, 0.3) is 0 Å². The molecule has 0 unspecified atom stereocenters. The highest BCUT2D eigenvalue weighted by Crippen LogP contribution is 2.34. The van der Waals surface area contributed by atoms with Gasteiger partial charge in [0.25, 0.3) is 0 Å². The summed E-state index contributed by atoms with van der Waals surface area (Å²) in [5.74, 6) is -0.710. The van der Waals surface area contributed by atoms with Crippen LogP contribution in [0.1, 0.15) is 41.6 Å². The first-order valence-electron chi connectivity index (χ1n) is 6.28. The Morgan fingerprint density at radius 3 is 2.53 bits per heavy atom. The molecule has 1 rings (SSSR count). The highest BCUT2D eigenvalue weighted by atomic mass is 32.1. The van der Waals surface area contributed by atoms with E-state index < -0.39 is 12.0 Å². The molecular weight excluding hydrogens is 264 g/mol. The number of hydrogen-bond donors (Lipinski definition) is 2. The molecule has 19 heavy (non-hydrogen) atoms. The van der Waals surface area contributed by atoms with Gasteiger partial charge in [-0.2, -0.15) is 0 Å². The zero-order valence-electron chi connectivity index (χ0n) is 11.7. The molecule has 1 aromatic rings. The summed E-state index contributed by atoms with van der Waals surface area (Å²) in [6, 6.07) is -0.623.